The van der Waals surface area contributed by atoms with E-state index in [2.05, 4.69) is 43.4 Å². The van der Waals surface area contributed by atoms with Crippen LogP contribution in [-0.2, 0) is 0 Å². The summed E-state index contributed by atoms with van der Waals surface area (Å²) in [6.45, 7) is 4.70. The van der Waals surface area contributed by atoms with Crippen LogP contribution in [0.25, 0.3) is 0 Å². The molecule has 0 amide bonds. The second-order valence-electron chi connectivity index (χ2n) is 6.50. The molecule has 1 aromatic rings. The predicted octanol–water partition coefficient (Wildman–Crippen LogP) is 3.53. The van der Waals surface area contributed by atoms with Gasteiger partial charge in [0.15, 0.2) is 0 Å². The third-order valence-electron chi connectivity index (χ3n) is 4.46. The number of hydrogen-bond donors (Lipinski definition) is 1. The van der Waals surface area contributed by atoms with Gasteiger partial charge in [-0.2, -0.15) is 0 Å². The maximum Gasteiger partial charge on any atom is 0.118 e. The van der Waals surface area contributed by atoms with Crippen molar-refractivity contribution in [1.29, 1.82) is 0 Å². The first-order valence-corrected chi connectivity index (χ1v) is 7.00. The quantitative estimate of drug-likeness (QED) is 0.856. The first-order valence-electron chi connectivity index (χ1n) is 7.00. The Morgan fingerprint density at radius 3 is 2.28 bits per heavy atom. The van der Waals surface area contributed by atoms with Gasteiger partial charge in [0.25, 0.3) is 0 Å². The highest BCUT2D eigenvalue weighted by Gasteiger charge is 2.48. The number of nitrogens with one attached hydrogen (secondary N) is 1. The van der Waals surface area contributed by atoms with Crippen LogP contribution < -0.4 is 10.1 Å². The number of benzene rings is 1. The molecule has 18 heavy (non-hydrogen) atoms. The molecule has 2 unspecified atom stereocenters. The van der Waals surface area contributed by atoms with Gasteiger partial charge in [-0.25, -0.2) is 0 Å². The maximum atomic E-state index is 5.23. The van der Waals surface area contributed by atoms with Crippen LogP contribution in [-0.4, -0.2) is 13.2 Å². The van der Waals surface area contributed by atoms with Gasteiger partial charge in [-0.15, -0.1) is 0 Å². The summed E-state index contributed by atoms with van der Waals surface area (Å²) in [6, 6.07) is 9.82. The summed E-state index contributed by atoms with van der Waals surface area (Å²) in [7, 11) is 1.72. The third kappa shape index (κ3) is 2.39. The molecule has 3 rings (SSSR count). The zero-order chi connectivity index (χ0) is 12.8. The van der Waals surface area contributed by atoms with Crippen LogP contribution in [0.15, 0.2) is 24.3 Å². The van der Waals surface area contributed by atoms with Gasteiger partial charge in [0.1, 0.15) is 5.75 Å². The molecule has 1 aromatic carbocycles. The van der Waals surface area contributed by atoms with E-state index in [1.807, 2.05) is 0 Å². The van der Waals surface area contributed by atoms with Crippen molar-refractivity contribution in [1.82, 2.24) is 5.32 Å². The van der Waals surface area contributed by atoms with Gasteiger partial charge in [-0.1, -0.05) is 26.0 Å². The number of rotatable bonds is 5. The van der Waals surface area contributed by atoms with Crippen molar-refractivity contribution in [3.8, 4) is 5.75 Å². The van der Waals surface area contributed by atoms with E-state index in [1.54, 1.807) is 7.11 Å². The summed E-state index contributed by atoms with van der Waals surface area (Å²) < 4.78 is 5.23. The average molecular weight is 245 g/mol. The zero-order valence-electron chi connectivity index (χ0n) is 11.6. The summed E-state index contributed by atoms with van der Waals surface area (Å²) in [6.07, 6.45) is 4.06. The topological polar surface area (TPSA) is 21.3 Å². The fraction of sp³-hybridized carbons (Fsp3) is 0.625. The molecule has 2 nitrogen and oxygen atoms in total. The molecular formula is C16H23NO. The predicted molar refractivity (Wildman–Crippen MR) is 73.8 cm³/mol. The first kappa shape index (κ1) is 12.0. The highest BCUT2D eigenvalue weighted by molar-refractivity contribution is 5.30. The van der Waals surface area contributed by atoms with Crippen LogP contribution in [0.2, 0.25) is 0 Å². The Labute approximate surface area is 110 Å². The van der Waals surface area contributed by atoms with Gasteiger partial charge in [-0.3, -0.25) is 0 Å². The van der Waals surface area contributed by atoms with E-state index in [1.165, 1.54) is 24.8 Å². The molecule has 2 fully saturated rings. The lowest BCUT2D eigenvalue weighted by Gasteiger charge is -2.20. The zero-order valence-corrected chi connectivity index (χ0v) is 11.6. The largest absolute Gasteiger partial charge is 0.497 e. The van der Waals surface area contributed by atoms with Gasteiger partial charge in [0, 0.05) is 12.1 Å². The van der Waals surface area contributed by atoms with Crippen molar-refractivity contribution in [3.05, 3.63) is 29.8 Å². The molecule has 98 valence electrons. The Kier molecular flexibility index (Phi) is 2.86. The van der Waals surface area contributed by atoms with E-state index in [-0.39, 0.29) is 0 Å². The smallest absolute Gasteiger partial charge is 0.118 e. The van der Waals surface area contributed by atoms with Crippen molar-refractivity contribution in [3.63, 3.8) is 0 Å². The minimum absolute atomic E-state index is 0.500. The van der Waals surface area contributed by atoms with E-state index in [0.29, 0.717) is 17.5 Å². The van der Waals surface area contributed by atoms with Crippen LogP contribution in [0.4, 0.5) is 0 Å². The SMILES string of the molecule is COc1ccc(C(NC2CC2(C)C)C2CC2)cc1. The van der Waals surface area contributed by atoms with E-state index in [0.717, 1.165) is 11.7 Å². The highest BCUT2D eigenvalue weighted by Crippen LogP contribution is 2.49. The highest BCUT2D eigenvalue weighted by atomic mass is 16.5. The van der Waals surface area contributed by atoms with Gasteiger partial charge in [-0.05, 0) is 48.3 Å². The normalized spacial score (nSPS) is 26.7. The third-order valence-corrected chi connectivity index (χ3v) is 4.46. The molecule has 2 aliphatic carbocycles. The Morgan fingerprint density at radius 2 is 1.83 bits per heavy atom. The Balaban J connectivity index is 1.72. The molecule has 0 heterocycles. The lowest BCUT2D eigenvalue weighted by atomic mass is 10.0. The summed E-state index contributed by atoms with van der Waals surface area (Å²) in [5.74, 6) is 1.79. The minimum atomic E-state index is 0.500. The number of methoxy groups -OCH3 is 1. The van der Waals surface area contributed by atoms with Crippen molar-refractivity contribution in [2.24, 2.45) is 11.3 Å². The van der Waals surface area contributed by atoms with Crippen molar-refractivity contribution in [2.75, 3.05) is 7.11 Å². The molecule has 0 aliphatic heterocycles. The molecule has 1 N–H and O–H groups in total. The fourth-order valence-corrected chi connectivity index (χ4v) is 2.71. The van der Waals surface area contributed by atoms with E-state index in [4.69, 9.17) is 4.74 Å². The molecule has 0 radical (unpaired) electrons. The lowest BCUT2D eigenvalue weighted by Crippen LogP contribution is -2.27. The van der Waals surface area contributed by atoms with Crippen molar-refractivity contribution >= 4 is 0 Å². The Hall–Kier alpha value is -1.02. The van der Waals surface area contributed by atoms with E-state index < -0.39 is 0 Å². The van der Waals surface area contributed by atoms with Gasteiger partial charge in [0.05, 0.1) is 7.11 Å². The van der Waals surface area contributed by atoms with Crippen LogP contribution in [0.5, 0.6) is 5.75 Å². The van der Waals surface area contributed by atoms with Crippen LogP contribution in [0.3, 0.4) is 0 Å². The Bertz CT molecular complexity index is 419. The molecule has 0 saturated heterocycles. The molecular weight excluding hydrogens is 222 g/mol. The summed E-state index contributed by atoms with van der Waals surface area (Å²) in [5.41, 5.74) is 1.92. The van der Waals surface area contributed by atoms with E-state index >= 15 is 0 Å². The van der Waals surface area contributed by atoms with Crippen LogP contribution >= 0.6 is 0 Å². The summed E-state index contributed by atoms with van der Waals surface area (Å²) in [4.78, 5) is 0. The van der Waals surface area contributed by atoms with Crippen molar-refractivity contribution in [2.45, 2.75) is 45.2 Å². The van der Waals surface area contributed by atoms with Crippen LogP contribution in [0, 0.1) is 11.3 Å². The van der Waals surface area contributed by atoms with Crippen molar-refractivity contribution < 1.29 is 4.74 Å². The monoisotopic (exact) mass is 245 g/mol. The lowest BCUT2D eigenvalue weighted by molar-refractivity contribution is 0.412. The molecule has 2 heteroatoms. The number of hydrogen-bond acceptors (Lipinski definition) is 2. The molecule has 0 bridgehead atoms. The minimum Gasteiger partial charge on any atom is -0.497 e. The maximum absolute atomic E-state index is 5.23. The molecule has 2 aliphatic rings. The standard InChI is InChI=1S/C16H23NO/c1-16(2)10-14(16)17-15(11-4-5-11)12-6-8-13(18-3)9-7-12/h6-9,11,14-15,17H,4-5,10H2,1-3H3. The molecule has 0 aromatic heterocycles. The summed E-state index contributed by atoms with van der Waals surface area (Å²) in [5, 5.41) is 3.86. The molecule has 2 saturated carbocycles. The van der Waals surface area contributed by atoms with Gasteiger partial charge < -0.3 is 10.1 Å². The van der Waals surface area contributed by atoms with Crippen LogP contribution in [0.1, 0.15) is 44.7 Å². The average Bonchev–Trinajstić information content (AvgIpc) is 3.25. The second kappa shape index (κ2) is 4.27. The van der Waals surface area contributed by atoms with Gasteiger partial charge >= 0.3 is 0 Å². The molecule has 2 atom stereocenters. The Morgan fingerprint density at radius 1 is 1.22 bits per heavy atom. The second-order valence-corrected chi connectivity index (χ2v) is 6.50. The van der Waals surface area contributed by atoms with E-state index in [9.17, 15) is 0 Å². The molecule has 0 spiro atoms. The van der Waals surface area contributed by atoms with Gasteiger partial charge in [0.2, 0.25) is 0 Å². The fourth-order valence-electron chi connectivity index (χ4n) is 2.71. The first-order chi connectivity index (χ1) is 8.60. The summed E-state index contributed by atoms with van der Waals surface area (Å²) >= 11 is 0. The number of ether oxygens (including phenoxy) is 1.